The maximum atomic E-state index is 12.2. The van der Waals surface area contributed by atoms with E-state index in [-0.39, 0.29) is 19.1 Å². The van der Waals surface area contributed by atoms with Gasteiger partial charge in [0.25, 0.3) is 0 Å². The smallest absolute Gasteiger partial charge is 0.404 e. The predicted molar refractivity (Wildman–Crippen MR) is 104 cm³/mol. The Morgan fingerprint density at radius 3 is 1.79 bits per heavy atom. The number of hydrogen-bond donors (Lipinski definition) is 4. The topological polar surface area (TPSA) is 174 Å². The Kier molecular flexibility index (Phi) is 5.58. The zero-order valence-electron chi connectivity index (χ0n) is 15.6. The lowest BCUT2D eigenvalue weighted by atomic mass is 9.62. The molecular weight excluding hydrogens is 376 g/mol. The minimum absolute atomic E-state index is 0.0433. The Bertz CT molecular complexity index is 958. The molecule has 0 spiro atoms. The summed E-state index contributed by atoms with van der Waals surface area (Å²) in [6.07, 6.45) is -1.29. The average molecular weight is 398 g/mol. The summed E-state index contributed by atoms with van der Waals surface area (Å²) in [4.78, 5) is 34.3. The van der Waals surface area contributed by atoms with E-state index in [1.54, 1.807) is 24.3 Å². The third-order valence-electron chi connectivity index (χ3n) is 5.03. The number of nitrogen functional groups attached to an aromatic ring is 1. The normalized spacial score (nSPS) is 17.0. The monoisotopic (exact) mass is 398 g/mol. The molecule has 29 heavy (non-hydrogen) atoms. The predicted octanol–water partition coefficient (Wildman–Crippen LogP) is 1.37. The molecule has 0 aliphatic heterocycles. The van der Waals surface area contributed by atoms with Crippen LogP contribution in [0.25, 0.3) is 0 Å². The number of rotatable bonds is 7. The lowest BCUT2D eigenvalue weighted by Crippen LogP contribution is -2.39. The SMILES string of the molecule is NC(=O)OCc1ccc(COC(N)=O)c2c1C(Cc1ccc(N)cc1)C2C(N)=O. The second kappa shape index (κ2) is 8.09. The molecule has 2 aromatic carbocycles. The molecule has 8 N–H and O–H groups in total. The van der Waals surface area contributed by atoms with Crippen LogP contribution in [0.2, 0.25) is 0 Å². The van der Waals surface area contributed by atoms with Gasteiger partial charge in [-0.3, -0.25) is 4.79 Å². The molecule has 2 atom stereocenters. The van der Waals surface area contributed by atoms with E-state index >= 15 is 0 Å². The molecular formula is C20H22N4O5. The summed E-state index contributed by atoms with van der Waals surface area (Å²) in [5, 5.41) is 0. The van der Waals surface area contributed by atoms with E-state index in [0.29, 0.717) is 28.8 Å². The summed E-state index contributed by atoms with van der Waals surface area (Å²) in [6.45, 7) is -0.134. The highest BCUT2D eigenvalue weighted by Gasteiger charge is 2.44. The van der Waals surface area contributed by atoms with E-state index in [2.05, 4.69) is 0 Å². The number of carbonyl (C=O) groups excluding carboxylic acids is 3. The maximum absolute atomic E-state index is 12.2. The Balaban J connectivity index is 2.00. The van der Waals surface area contributed by atoms with Crippen molar-refractivity contribution in [2.75, 3.05) is 5.73 Å². The Morgan fingerprint density at radius 1 is 0.793 bits per heavy atom. The van der Waals surface area contributed by atoms with Crippen LogP contribution in [-0.2, 0) is 33.9 Å². The quantitative estimate of drug-likeness (QED) is 0.512. The van der Waals surface area contributed by atoms with Gasteiger partial charge in [0, 0.05) is 11.6 Å². The third kappa shape index (κ3) is 4.23. The highest BCUT2D eigenvalue weighted by Crippen LogP contribution is 2.52. The molecule has 152 valence electrons. The number of hydrogen-bond acceptors (Lipinski definition) is 6. The first-order chi connectivity index (χ1) is 13.8. The molecule has 0 aromatic heterocycles. The van der Waals surface area contributed by atoms with Crippen LogP contribution in [0.4, 0.5) is 15.3 Å². The highest BCUT2D eigenvalue weighted by atomic mass is 16.5. The fourth-order valence-electron chi connectivity index (χ4n) is 3.82. The van der Waals surface area contributed by atoms with Crippen molar-refractivity contribution in [3.8, 4) is 0 Å². The van der Waals surface area contributed by atoms with Crippen LogP contribution < -0.4 is 22.9 Å². The molecule has 1 aliphatic carbocycles. The second-order valence-electron chi connectivity index (χ2n) is 6.86. The van der Waals surface area contributed by atoms with Crippen LogP contribution in [0.15, 0.2) is 36.4 Å². The lowest BCUT2D eigenvalue weighted by molar-refractivity contribution is -0.120. The van der Waals surface area contributed by atoms with Crippen LogP contribution >= 0.6 is 0 Å². The van der Waals surface area contributed by atoms with Gasteiger partial charge >= 0.3 is 12.2 Å². The molecule has 2 unspecified atom stereocenters. The van der Waals surface area contributed by atoms with Crippen molar-refractivity contribution in [1.29, 1.82) is 0 Å². The zero-order valence-corrected chi connectivity index (χ0v) is 15.6. The van der Waals surface area contributed by atoms with Crippen LogP contribution in [0.5, 0.6) is 0 Å². The first-order valence-electron chi connectivity index (χ1n) is 8.90. The molecule has 1 aliphatic rings. The highest BCUT2D eigenvalue weighted by molar-refractivity contribution is 5.88. The van der Waals surface area contributed by atoms with Crippen molar-refractivity contribution in [2.45, 2.75) is 31.5 Å². The molecule has 9 heteroatoms. The van der Waals surface area contributed by atoms with Crippen molar-refractivity contribution in [1.82, 2.24) is 0 Å². The fourth-order valence-corrected chi connectivity index (χ4v) is 3.82. The number of benzene rings is 2. The largest absolute Gasteiger partial charge is 0.445 e. The number of nitrogens with two attached hydrogens (primary N) is 4. The van der Waals surface area contributed by atoms with Crippen LogP contribution in [-0.4, -0.2) is 18.1 Å². The van der Waals surface area contributed by atoms with Gasteiger partial charge in [-0.2, -0.15) is 0 Å². The molecule has 0 saturated carbocycles. The van der Waals surface area contributed by atoms with Gasteiger partial charge < -0.3 is 32.4 Å². The Hall–Kier alpha value is -3.75. The number of fused-ring (bicyclic) bond motifs is 1. The summed E-state index contributed by atoms with van der Waals surface area (Å²) >= 11 is 0. The molecule has 3 rings (SSSR count). The number of anilines is 1. The molecule has 0 fully saturated rings. The van der Waals surface area contributed by atoms with Gasteiger partial charge in [-0.05, 0) is 46.4 Å². The van der Waals surface area contributed by atoms with Crippen molar-refractivity contribution >= 4 is 23.8 Å². The summed E-state index contributed by atoms with van der Waals surface area (Å²) in [5.74, 6) is -1.31. The minimum Gasteiger partial charge on any atom is -0.445 e. The summed E-state index contributed by atoms with van der Waals surface area (Å²) in [6, 6.07) is 10.8. The summed E-state index contributed by atoms with van der Waals surface area (Å²) in [5.41, 5.74) is 26.0. The molecule has 3 amide bonds. The molecule has 0 bridgehead atoms. The van der Waals surface area contributed by atoms with Crippen molar-refractivity contribution in [3.05, 3.63) is 64.2 Å². The van der Waals surface area contributed by atoms with Crippen molar-refractivity contribution < 1.29 is 23.9 Å². The van der Waals surface area contributed by atoms with Gasteiger partial charge in [-0.1, -0.05) is 24.3 Å². The maximum Gasteiger partial charge on any atom is 0.404 e. The van der Waals surface area contributed by atoms with E-state index in [4.69, 9.17) is 32.4 Å². The molecule has 9 nitrogen and oxygen atoms in total. The van der Waals surface area contributed by atoms with Crippen LogP contribution in [0, 0.1) is 0 Å². The number of carbonyl (C=O) groups is 3. The molecule has 0 saturated heterocycles. The van der Waals surface area contributed by atoms with E-state index < -0.39 is 24.0 Å². The fraction of sp³-hybridized carbons (Fsp3) is 0.250. The van der Waals surface area contributed by atoms with E-state index in [1.807, 2.05) is 12.1 Å². The molecule has 0 heterocycles. The summed E-state index contributed by atoms with van der Waals surface area (Å²) in [7, 11) is 0. The molecule has 0 radical (unpaired) electrons. The van der Waals surface area contributed by atoms with Gasteiger partial charge in [0.05, 0.1) is 5.92 Å². The third-order valence-corrected chi connectivity index (χ3v) is 5.03. The summed E-state index contributed by atoms with van der Waals surface area (Å²) < 4.78 is 9.84. The first kappa shape index (κ1) is 20.0. The van der Waals surface area contributed by atoms with Crippen molar-refractivity contribution in [3.63, 3.8) is 0 Å². The average Bonchev–Trinajstić information content (AvgIpc) is 2.64. The van der Waals surface area contributed by atoms with Crippen LogP contribution in [0.3, 0.4) is 0 Å². The number of ether oxygens (including phenoxy) is 2. The van der Waals surface area contributed by atoms with Gasteiger partial charge in [-0.15, -0.1) is 0 Å². The number of primary amides is 3. The van der Waals surface area contributed by atoms with Gasteiger partial charge in [0.2, 0.25) is 5.91 Å². The van der Waals surface area contributed by atoms with Gasteiger partial charge in [0.1, 0.15) is 13.2 Å². The Labute approximate surface area is 166 Å². The van der Waals surface area contributed by atoms with Crippen molar-refractivity contribution in [2.24, 2.45) is 17.2 Å². The minimum atomic E-state index is -0.923. The van der Waals surface area contributed by atoms with Gasteiger partial charge in [0.15, 0.2) is 0 Å². The standard InChI is InChI=1S/C20H22N4O5/c21-13-5-1-10(2-6-13)7-14-15-11(8-28-19(23)26)3-4-12(9-29-20(24)27)16(15)17(14)18(22)25/h1-6,14,17H,7-9,21H2,(H2,22,25)(H2,23,26)(H2,24,27). The Morgan fingerprint density at radius 2 is 1.31 bits per heavy atom. The number of amides is 3. The van der Waals surface area contributed by atoms with E-state index in [0.717, 1.165) is 11.1 Å². The van der Waals surface area contributed by atoms with Crippen LogP contribution in [0.1, 0.15) is 39.7 Å². The van der Waals surface area contributed by atoms with E-state index in [9.17, 15) is 14.4 Å². The molecule has 2 aromatic rings. The second-order valence-corrected chi connectivity index (χ2v) is 6.86. The first-order valence-corrected chi connectivity index (χ1v) is 8.90. The van der Waals surface area contributed by atoms with Gasteiger partial charge in [-0.25, -0.2) is 9.59 Å². The lowest BCUT2D eigenvalue weighted by Gasteiger charge is -2.41. The van der Waals surface area contributed by atoms with E-state index in [1.165, 1.54) is 0 Å². The zero-order chi connectivity index (χ0) is 21.1.